The van der Waals surface area contributed by atoms with Gasteiger partial charge in [-0.15, -0.1) is 0 Å². The first-order valence-corrected chi connectivity index (χ1v) is 9.41. The molecule has 1 aromatic heterocycles. The summed E-state index contributed by atoms with van der Waals surface area (Å²) in [7, 11) is 0. The van der Waals surface area contributed by atoms with Crippen molar-refractivity contribution >= 4 is 17.5 Å². The first-order chi connectivity index (χ1) is 12.4. The van der Waals surface area contributed by atoms with Crippen LogP contribution in [0.1, 0.15) is 47.6 Å². The minimum Gasteiger partial charge on any atom is -0.381 e. The van der Waals surface area contributed by atoms with Crippen LogP contribution in [-0.2, 0) is 11.3 Å². The monoisotopic (exact) mass is 377 g/mol. The predicted octanol–water partition coefficient (Wildman–Crippen LogP) is 3.99. The lowest BCUT2D eigenvalue weighted by Gasteiger charge is -2.09. The van der Waals surface area contributed by atoms with E-state index >= 15 is 0 Å². The number of halogens is 1. The maximum absolute atomic E-state index is 12.5. The van der Waals surface area contributed by atoms with E-state index in [9.17, 15) is 4.79 Å². The van der Waals surface area contributed by atoms with E-state index in [0.29, 0.717) is 36.2 Å². The van der Waals surface area contributed by atoms with Crippen LogP contribution in [0.2, 0.25) is 5.02 Å². The standard InChI is InChI=1S/C20H28ClN3O2/c1-14(2)13-26-11-7-10-22-20(25)19-15(3)23-24(16(19)4)12-17-8-5-6-9-18(17)21/h5-6,8-9,14H,7,10-13H2,1-4H3,(H,22,25). The Labute approximate surface area is 160 Å². The zero-order chi connectivity index (χ0) is 19.1. The van der Waals surface area contributed by atoms with Gasteiger partial charge in [-0.25, -0.2) is 0 Å². The van der Waals surface area contributed by atoms with Crippen molar-refractivity contribution < 1.29 is 9.53 Å². The van der Waals surface area contributed by atoms with Crippen molar-refractivity contribution in [3.05, 3.63) is 51.8 Å². The number of amides is 1. The molecule has 0 saturated carbocycles. The topological polar surface area (TPSA) is 56.2 Å². The van der Waals surface area contributed by atoms with Gasteiger partial charge in [0.2, 0.25) is 0 Å². The Morgan fingerprint density at radius 1 is 1.31 bits per heavy atom. The molecule has 0 fully saturated rings. The Morgan fingerprint density at radius 2 is 2.04 bits per heavy atom. The number of ether oxygens (including phenoxy) is 1. The molecular weight excluding hydrogens is 350 g/mol. The second-order valence-electron chi connectivity index (χ2n) is 6.87. The fraction of sp³-hybridized carbons (Fsp3) is 0.500. The molecule has 2 aromatic rings. The number of hydrogen-bond acceptors (Lipinski definition) is 3. The fourth-order valence-electron chi connectivity index (χ4n) is 2.75. The lowest BCUT2D eigenvalue weighted by atomic mass is 10.1. The van der Waals surface area contributed by atoms with Crippen LogP contribution in [0.15, 0.2) is 24.3 Å². The van der Waals surface area contributed by atoms with Gasteiger partial charge in [-0.2, -0.15) is 5.10 Å². The quantitative estimate of drug-likeness (QED) is 0.672. The number of carbonyl (C=O) groups is 1. The van der Waals surface area contributed by atoms with Crippen molar-refractivity contribution in [2.45, 2.75) is 40.7 Å². The summed E-state index contributed by atoms with van der Waals surface area (Å²) in [5.41, 5.74) is 3.19. The number of nitrogens with zero attached hydrogens (tertiary/aromatic N) is 2. The SMILES string of the molecule is Cc1nn(Cc2ccccc2Cl)c(C)c1C(=O)NCCCOCC(C)C. The molecule has 1 N–H and O–H groups in total. The average Bonchev–Trinajstić information content (AvgIpc) is 2.86. The molecule has 0 aliphatic rings. The number of aromatic nitrogens is 2. The van der Waals surface area contributed by atoms with Crippen molar-refractivity contribution in [3.8, 4) is 0 Å². The third-order valence-electron chi connectivity index (χ3n) is 4.09. The lowest BCUT2D eigenvalue weighted by Crippen LogP contribution is -2.26. The number of carbonyl (C=O) groups excluding carboxylic acids is 1. The van der Waals surface area contributed by atoms with Gasteiger partial charge in [-0.3, -0.25) is 9.48 Å². The van der Waals surface area contributed by atoms with E-state index in [2.05, 4.69) is 24.3 Å². The molecule has 1 aromatic carbocycles. The summed E-state index contributed by atoms with van der Waals surface area (Å²) in [6, 6.07) is 7.67. The van der Waals surface area contributed by atoms with E-state index < -0.39 is 0 Å². The molecule has 2 rings (SSSR count). The van der Waals surface area contributed by atoms with Gasteiger partial charge >= 0.3 is 0 Å². The number of rotatable bonds is 9. The third kappa shape index (κ3) is 5.58. The molecule has 1 amide bonds. The van der Waals surface area contributed by atoms with E-state index in [0.717, 1.165) is 30.0 Å². The van der Waals surface area contributed by atoms with Gasteiger partial charge < -0.3 is 10.1 Å². The molecule has 26 heavy (non-hydrogen) atoms. The Bertz CT molecular complexity index is 741. The van der Waals surface area contributed by atoms with Crippen LogP contribution < -0.4 is 5.32 Å². The Hall–Kier alpha value is -1.85. The molecule has 0 saturated heterocycles. The number of nitrogens with one attached hydrogen (secondary N) is 1. The Morgan fingerprint density at radius 3 is 2.73 bits per heavy atom. The summed E-state index contributed by atoms with van der Waals surface area (Å²) in [5, 5.41) is 8.18. The van der Waals surface area contributed by atoms with E-state index in [1.165, 1.54) is 0 Å². The maximum atomic E-state index is 12.5. The summed E-state index contributed by atoms with van der Waals surface area (Å²) in [6.45, 7) is 10.5. The molecule has 5 nitrogen and oxygen atoms in total. The number of aryl methyl sites for hydroxylation is 1. The van der Waals surface area contributed by atoms with Crippen LogP contribution in [0.5, 0.6) is 0 Å². The minimum atomic E-state index is -0.0886. The van der Waals surface area contributed by atoms with E-state index in [-0.39, 0.29) is 5.91 Å². The highest BCUT2D eigenvalue weighted by Gasteiger charge is 2.18. The van der Waals surface area contributed by atoms with Gasteiger partial charge in [0, 0.05) is 30.5 Å². The van der Waals surface area contributed by atoms with Crippen molar-refractivity contribution in [3.63, 3.8) is 0 Å². The Balaban J connectivity index is 1.94. The first-order valence-electron chi connectivity index (χ1n) is 9.03. The van der Waals surface area contributed by atoms with E-state index in [4.69, 9.17) is 16.3 Å². The zero-order valence-electron chi connectivity index (χ0n) is 16.0. The minimum absolute atomic E-state index is 0.0886. The lowest BCUT2D eigenvalue weighted by molar-refractivity contribution is 0.0924. The highest BCUT2D eigenvalue weighted by Crippen LogP contribution is 2.19. The largest absolute Gasteiger partial charge is 0.381 e. The Kier molecular flexibility index (Phi) is 7.66. The molecule has 0 atom stereocenters. The van der Waals surface area contributed by atoms with Gasteiger partial charge in [0.1, 0.15) is 0 Å². The van der Waals surface area contributed by atoms with Gasteiger partial charge in [-0.1, -0.05) is 43.6 Å². The van der Waals surface area contributed by atoms with Crippen LogP contribution >= 0.6 is 11.6 Å². The van der Waals surface area contributed by atoms with Gasteiger partial charge in [0.25, 0.3) is 5.91 Å². The molecule has 142 valence electrons. The summed E-state index contributed by atoms with van der Waals surface area (Å²) in [5.74, 6) is 0.438. The second kappa shape index (κ2) is 9.74. The molecule has 1 heterocycles. The molecule has 0 radical (unpaired) electrons. The molecule has 0 bridgehead atoms. The van der Waals surface area contributed by atoms with Crippen LogP contribution in [0.3, 0.4) is 0 Å². The molecular formula is C20H28ClN3O2. The maximum Gasteiger partial charge on any atom is 0.255 e. The van der Waals surface area contributed by atoms with Gasteiger partial charge in [-0.05, 0) is 37.8 Å². The van der Waals surface area contributed by atoms with E-state index in [1.54, 1.807) is 0 Å². The van der Waals surface area contributed by atoms with Crippen LogP contribution in [0.25, 0.3) is 0 Å². The van der Waals surface area contributed by atoms with E-state index in [1.807, 2.05) is 42.8 Å². The number of hydrogen-bond donors (Lipinski definition) is 1. The van der Waals surface area contributed by atoms with Crippen LogP contribution in [0, 0.1) is 19.8 Å². The summed E-state index contributed by atoms with van der Waals surface area (Å²) in [6.07, 6.45) is 0.796. The highest BCUT2D eigenvalue weighted by molar-refractivity contribution is 6.31. The summed E-state index contributed by atoms with van der Waals surface area (Å²) in [4.78, 5) is 12.5. The van der Waals surface area contributed by atoms with Crippen molar-refractivity contribution in [2.24, 2.45) is 5.92 Å². The fourth-order valence-corrected chi connectivity index (χ4v) is 2.95. The van der Waals surface area contributed by atoms with Crippen molar-refractivity contribution in [1.29, 1.82) is 0 Å². The summed E-state index contributed by atoms with van der Waals surface area (Å²) >= 11 is 6.23. The van der Waals surface area contributed by atoms with Crippen LogP contribution in [-0.4, -0.2) is 35.4 Å². The zero-order valence-corrected chi connectivity index (χ0v) is 16.8. The summed E-state index contributed by atoms with van der Waals surface area (Å²) < 4.78 is 7.36. The molecule has 6 heteroatoms. The second-order valence-corrected chi connectivity index (χ2v) is 7.28. The van der Waals surface area contributed by atoms with Gasteiger partial charge in [0.05, 0.1) is 17.8 Å². The first kappa shape index (κ1) is 20.5. The molecule has 0 aliphatic carbocycles. The van der Waals surface area contributed by atoms with Gasteiger partial charge in [0.15, 0.2) is 0 Å². The molecule has 0 unspecified atom stereocenters. The average molecular weight is 378 g/mol. The van der Waals surface area contributed by atoms with Crippen LogP contribution in [0.4, 0.5) is 0 Å². The van der Waals surface area contributed by atoms with Crippen molar-refractivity contribution in [1.82, 2.24) is 15.1 Å². The normalized spacial score (nSPS) is 11.2. The number of benzene rings is 1. The third-order valence-corrected chi connectivity index (χ3v) is 4.46. The van der Waals surface area contributed by atoms with Crippen molar-refractivity contribution in [2.75, 3.05) is 19.8 Å². The highest BCUT2D eigenvalue weighted by atomic mass is 35.5. The smallest absolute Gasteiger partial charge is 0.255 e. The predicted molar refractivity (Wildman–Crippen MR) is 105 cm³/mol. The molecule has 0 aliphatic heterocycles. The molecule has 0 spiro atoms.